The van der Waals surface area contributed by atoms with Crippen LogP contribution in [0.1, 0.15) is 24.0 Å². The first-order valence-electron chi connectivity index (χ1n) is 8.64. The van der Waals surface area contributed by atoms with E-state index in [9.17, 15) is 4.79 Å². The molecule has 1 fully saturated rings. The second-order valence-corrected chi connectivity index (χ2v) is 7.17. The number of hydrogen-bond acceptors (Lipinski definition) is 6. The third-order valence-corrected chi connectivity index (χ3v) is 5.18. The van der Waals surface area contributed by atoms with E-state index in [-0.39, 0.29) is 12.1 Å². The lowest BCUT2D eigenvalue weighted by molar-refractivity contribution is 0.0794. The second kappa shape index (κ2) is 7.84. The number of aromatic nitrogens is 2. The van der Waals surface area contributed by atoms with E-state index in [0.717, 1.165) is 30.6 Å². The monoisotopic (exact) mass is 372 g/mol. The van der Waals surface area contributed by atoms with Crippen LogP contribution in [0.3, 0.4) is 0 Å². The third-order valence-electron chi connectivity index (χ3n) is 4.45. The average Bonchev–Trinajstić information content (AvgIpc) is 3.40. The maximum absolute atomic E-state index is 12.8. The summed E-state index contributed by atoms with van der Waals surface area (Å²) in [7, 11) is 0. The van der Waals surface area contributed by atoms with Crippen molar-refractivity contribution in [3.8, 4) is 0 Å². The number of fused-ring (bicyclic) bond motifs is 1. The van der Waals surface area contributed by atoms with E-state index >= 15 is 0 Å². The number of carbonyl (C=O) groups excluding carboxylic acids is 1. The molecule has 2 aromatic heterocycles. The van der Waals surface area contributed by atoms with Crippen LogP contribution in [0, 0.1) is 0 Å². The molecule has 0 bridgehead atoms. The van der Waals surface area contributed by atoms with E-state index in [1.807, 2.05) is 34.5 Å². The van der Waals surface area contributed by atoms with E-state index in [1.165, 1.54) is 0 Å². The Bertz CT molecular complexity index is 858. The summed E-state index contributed by atoms with van der Waals surface area (Å²) in [5.74, 6) is 0. The molecular formula is C18H20N4O3S. The fourth-order valence-electron chi connectivity index (χ4n) is 3.08. The van der Waals surface area contributed by atoms with Crippen LogP contribution in [0.4, 0.5) is 4.79 Å². The van der Waals surface area contributed by atoms with E-state index in [4.69, 9.17) is 9.37 Å². The number of nitrogens with one attached hydrogen (secondary N) is 1. The first-order chi connectivity index (χ1) is 12.8. The van der Waals surface area contributed by atoms with E-state index in [1.54, 1.807) is 11.3 Å². The summed E-state index contributed by atoms with van der Waals surface area (Å²) in [6.07, 6.45) is 2.19. The molecule has 2 amide bonds. The molecule has 136 valence electrons. The number of rotatable bonds is 6. The van der Waals surface area contributed by atoms with Gasteiger partial charge in [0.2, 0.25) is 0 Å². The molecule has 0 radical (unpaired) electrons. The van der Waals surface area contributed by atoms with Gasteiger partial charge in [-0.05, 0) is 63.2 Å². The van der Waals surface area contributed by atoms with Gasteiger partial charge in [-0.1, -0.05) is 6.07 Å². The average molecular weight is 372 g/mol. The standard InChI is InChI=1S/C18H20N4O3S/c23-18(19-9-13-3-4-16-17(8-13)21-25-20-16)22(10-14-5-7-26-12-14)11-15-2-1-6-24-15/h3-5,7-8,12,15H,1-2,6,9-11H2,(H,19,23)/t15-/m0/s1. The van der Waals surface area contributed by atoms with Crippen LogP contribution in [0.25, 0.3) is 11.0 Å². The molecular weight excluding hydrogens is 352 g/mol. The summed E-state index contributed by atoms with van der Waals surface area (Å²) in [4.78, 5) is 14.6. The lowest BCUT2D eigenvalue weighted by Gasteiger charge is -2.25. The molecule has 1 aliphatic heterocycles. The number of hydrogen-bond donors (Lipinski definition) is 1. The maximum Gasteiger partial charge on any atom is 0.318 e. The number of carbonyl (C=O) groups is 1. The van der Waals surface area contributed by atoms with Crippen molar-refractivity contribution in [2.75, 3.05) is 13.2 Å². The molecule has 8 heteroatoms. The van der Waals surface area contributed by atoms with Crippen LogP contribution < -0.4 is 5.32 Å². The number of benzene rings is 1. The minimum atomic E-state index is -0.0925. The summed E-state index contributed by atoms with van der Waals surface area (Å²) in [6.45, 7) is 2.40. The zero-order valence-corrected chi connectivity index (χ0v) is 15.1. The fourth-order valence-corrected chi connectivity index (χ4v) is 3.74. The van der Waals surface area contributed by atoms with Gasteiger partial charge in [0.05, 0.1) is 6.10 Å². The Morgan fingerprint density at radius 1 is 1.27 bits per heavy atom. The lowest BCUT2D eigenvalue weighted by atomic mass is 10.2. The normalized spacial score (nSPS) is 16.8. The smallest absolute Gasteiger partial charge is 0.318 e. The number of nitrogens with zero attached hydrogens (tertiary/aromatic N) is 3. The van der Waals surface area contributed by atoms with Crippen molar-refractivity contribution in [1.29, 1.82) is 0 Å². The first-order valence-corrected chi connectivity index (χ1v) is 9.59. The van der Waals surface area contributed by atoms with Crippen molar-refractivity contribution in [2.24, 2.45) is 0 Å². The van der Waals surface area contributed by atoms with Gasteiger partial charge >= 0.3 is 6.03 Å². The molecule has 1 N–H and O–H groups in total. The van der Waals surface area contributed by atoms with Crippen LogP contribution in [0.15, 0.2) is 39.7 Å². The largest absolute Gasteiger partial charge is 0.376 e. The maximum atomic E-state index is 12.8. The zero-order valence-electron chi connectivity index (χ0n) is 14.3. The Morgan fingerprint density at radius 3 is 3.00 bits per heavy atom. The van der Waals surface area contributed by atoms with Crippen LogP contribution in [-0.4, -0.2) is 40.5 Å². The summed E-state index contributed by atoms with van der Waals surface area (Å²) < 4.78 is 10.4. The van der Waals surface area contributed by atoms with Crippen LogP contribution in [-0.2, 0) is 17.8 Å². The predicted octanol–water partition coefficient (Wildman–Crippen LogP) is 3.18. The van der Waals surface area contributed by atoms with E-state index in [2.05, 4.69) is 21.0 Å². The summed E-state index contributed by atoms with van der Waals surface area (Å²) in [5, 5.41) is 14.7. The highest BCUT2D eigenvalue weighted by Gasteiger charge is 2.23. The Balaban J connectivity index is 1.40. The molecule has 26 heavy (non-hydrogen) atoms. The number of urea groups is 1. The third kappa shape index (κ3) is 4.03. The van der Waals surface area contributed by atoms with Gasteiger partial charge in [0.15, 0.2) is 0 Å². The van der Waals surface area contributed by atoms with E-state index < -0.39 is 0 Å². The van der Waals surface area contributed by atoms with Crippen molar-refractivity contribution in [1.82, 2.24) is 20.5 Å². The van der Waals surface area contributed by atoms with Crippen LogP contribution >= 0.6 is 11.3 Å². The zero-order chi connectivity index (χ0) is 17.8. The first kappa shape index (κ1) is 17.0. The lowest BCUT2D eigenvalue weighted by Crippen LogP contribution is -2.43. The van der Waals surface area contributed by atoms with Gasteiger partial charge in [0.25, 0.3) is 0 Å². The minimum absolute atomic E-state index is 0.0925. The summed E-state index contributed by atoms with van der Waals surface area (Å²) >= 11 is 1.64. The number of amides is 2. The molecule has 7 nitrogen and oxygen atoms in total. The molecule has 3 heterocycles. The van der Waals surface area contributed by atoms with Gasteiger partial charge in [-0.3, -0.25) is 0 Å². The second-order valence-electron chi connectivity index (χ2n) is 6.39. The van der Waals surface area contributed by atoms with Gasteiger partial charge in [-0.15, -0.1) is 0 Å². The summed E-state index contributed by atoms with van der Waals surface area (Å²) in [6, 6.07) is 7.57. The van der Waals surface area contributed by atoms with Gasteiger partial charge in [-0.2, -0.15) is 11.3 Å². The number of ether oxygens (including phenoxy) is 1. The molecule has 0 aliphatic carbocycles. The topological polar surface area (TPSA) is 80.5 Å². The van der Waals surface area contributed by atoms with Gasteiger partial charge < -0.3 is 15.0 Å². The highest BCUT2D eigenvalue weighted by Crippen LogP contribution is 2.17. The SMILES string of the molecule is O=C(NCc1ccc2nonc2c1)N(Cc1ccsc1)C[C@@H]1CCCO1. The molecule has 1 aliphatic rings. The molecule has 1 saturated heterocycles. The van der Waals surface area contributed by atoms with Crippen molar-refractivity contribution >= 4 is 28.4 Å². The van der Waals surface area contributed by atoms with Gasteiger partial charge in [0, 0.05) is 26.2 Å². The molecule has 0 spiro atoms. The Hall–Kier alpha value is -2.45. The quantitative estimate of drug-likeness (QED) is 0.719. The molecule has 4 rings (SSSR count). The Kier molecular flexibility index (Phi) is 5.12. The summed E-state index contributed by atoms with van der Waals surface area (Å²) in [5.41, 5.74) is 3.48. The van der Waals surface area contributed by atoms with Crippen molar-refractivity contribution < 1.29 is 14.2 Å². The van der Waals surface area contributed by atoms with Gasteiger partial charge in [0.1, 0.15) is 11.0 Å². The van der Waals surface area contributed by atoms with Gasteiger partial charge in [-0.25, -0.2) is 9.42 Å². The molecule has 3 aromatic rings. The van der Waals surface area contributed by atoms with Crippen molar-refractivity contribution in [2.45, 2.75) is 32.0 Å². The highest BCUT2D eigenvalue weighted by molar-refractivity contribution is 7.07. The van der Waals surface area contributed by atoms with E-state index in [0.29, 0.717) is 30.7 Å². The molecule has 0 saturated carbocycles. The van der Waals surface area contributed by atoms with Crippen molar-refractivity contribution in [3.63, 3.8) is 0 Å². The molecule has 0 unspecified atom stereocenters. The van der Waals surface area contributed by atoms with Crippen LogP contribution in [0.5, 0.6) is 0 Å². The van der Waals surface area contributed by atoms with Crippen LogP contribution in [0.2, 0.25) is 0 Å². The fraction of sp³-hybridized carbons (Fsp3) is 0.389. The Morgan fingerprint density at radius 2 is 2.19 bits per heavy atom. The highest BCUT2D eigenvalue weighted by atomic mass is 32.1. The van der Waals surface area contributed by atoms with Crippen molar-refractivity contribution in [3.05, 3.63) is 46.2 Å². The minimum Gasteiger partial charge on any atom is -0.376 e. The molecule has 1 aromatic carbocycles. The molecule has 1 atom stereocenters. The predicted molar refractivity (Wildman–Crippen MR) is 97.7 cm³/mol. The Labute approximate surface area is 154 Å². The number of thiophene rings is 1.